The van der Waals surface area contributed by atoms with E-state index in [1.807, 2.05) is 18.2 Å². The van der Waals surface area contributed by atoms with Crippen molar-refractivity contribution in [2.24, 2.45) is 0 Å². The van der Waals surface area contributed by atoms with Crippen LogP contribution in [0.25, 0.3) is 11.0 Å². The summed E-state index contributed by atoms with van der Waals surface area (Å²) in [4.78, 5) is 11.6. The SMILES string of the molecule is C=CC(C)(C)c1ccc2c(C)c(O)c(=O)oc2c1I. The van der Waals surface area contributed by atoms with Gasteiger partial charge in [0.2, 0.25) is 5.75 Å². The van der Waals surface area contributed by atoms with Crippen molar-refractivity contribution in [2.45, 2.75) is 26.2 Å². The van der Waals surface area contributed by atoms with E-state index in [9.17, 15) is 9.90 Å². The van der Waals surface area contributed by atoms with Crippen LogP contribution in [0.15, 0.2) is 34.0 Å². The van der Waals surface area contributed by atoms with Gasteiger partial charge < -0.3 is 9.52 Å². The van der Waals surface area contributed by atoms with Crippen LogP contribution in [0.5, 0.6) is 5.75 Å². The summed E-state index contributed by atoms with van der Waals surface area (Å²) in [6.07, 6.45) is 1.86. The molecular formula is C15H15IO3. The summed E-state index contributed by atoms with van der Waals surface area (Å²) < 4.78 is 6.11. The molecule has 0 atom stereocenters. The second kappa shape index (κ2) is 4.67. The van der Waals surface area contributed by atoms with E-state index in [2.05, 4.69) is 43.0 Å². The second-order valence-electron chi connectivity index (χ2n) is 5.09. The number of aryl methyl sites for hydroxylation is 1. The highest BCUT2D eigenvalue weighted by Gasteiger charge is 2.22. The molecular weight excluding hydrogens is 355 g/mol. The molecule has 0 bridgehead atoms. The molecule has 4 heteroatoms. The summed E-state index contributed by atoms with van der Waals surface area (Å²) in [6, 6.07) is 3.86. The monoisotopic (exact) mass is 370 g/mol. The van der Waals surface area contributed by atoms with Crippen LogP contribution < -0.4 is 5.63 Å². The first kappa shape index (κ1) is 14.1. The predicted octanol–water partition coefficient (Wildman–Crippen LogP) is 3.88. The van der Waals surface area contributed by atoms with E-state index in [-0.39, 0.29) is 11.2 Å². The molecule has 0 unspecified atom stereocenters. The summed E-state index contributed by atoms with van der Waals surface area (Å²) in [5.74, 6) is -0.320. The minimum absolute atomic E-state index is 0.213. The molecule has 0 amide bonds. The van der Waals surface area contributed by atoms with E-state index >= 15 is 0 Å². The van der Waals surface area contributed by atoms with Gasteiger partial charge in [-0.1, -0.05) is 32.1 Å². The molecule has 2 aromatic rings. The van der Waals surface area contributed by atoms with Crippen LogP contribution in [0.1, 0.15) is 25.0 Å². The molecule has 0 spiro atoms. The summed E-state index contributed by atoms with van der Waals surface area (Å²) in [7, 11) is 0. The number of halogens is 1. The lowest BCUT2D eigenvalue weighted by Crippen LogP contribution is -2.15. The van der Waals surface area contributed by atoms with E-state index < -0.39 is 5.63 Å². The molecule has 1 aromatic carbocycles. The van der Waals surface area contributed by atoms with Crippen molar-refractivity contribution in [3.8, 4) is 5.75 Å². The average Bonchev–Trinajstić information content (AvgIpc) is 2.37. The second-order valence-corrected chi connectivity index (χ2v) is 6.17. The maximum atomic E-state index is 11.6. The molecule has 0 saturated carbocycles. The molecule has 0 saturated heterocycles. The smallest absolute Gasteiger partial charge is 0.379 e. The standard InChI is InChI=1S/C15H15IO3/c1-5-15(3,4)10-7-6-9-8(2)12(17)14(18)19-13(9)11(10)16/h5-7,17H,1H2,2-4H3. The topological polar surface area (TPSA) is 50.4 Å². The van der Waals surface area contributed by atoms with E-state index in [0.29, 0.717) is 11.1 Å². The molecule has 3 nitrogen and oxygen atoms in total. The number of hydrogen-bond donors (Lipinski definition) is 1. The minimum atomic E-state index is -0.698. The Hall–Kier alpha value is -1.30. The Labute approximate surface area is 125 Å². The summed E-state index contributed by atoms with van der Waals surface area (Å²) in [5.41, 5.74) is 1.20. The van der Waals surface area contributed by atoms with E-state index in [0.717, 1.165) is 14.5 Å². The highest BCUT2D eigenvalue weighted by Crippen LogP contribution is 2.35. The van der Waals surface area contributed by atoms with Gasteiger partial charge in [-0.2, -0.15) is 0 Å². The quantitative estimate of drug-likeness (QED) is 0.496. The highest BCUT2D eigenvalue weighted by molar-refractivity contribution is 14.1. The van der Waals surface area contributed by atoms with Crippen molar-refractivity contribution < 1.29 is 9.52 Å². The van der Waals surface area contributed by atoms with Gasteiger partial charge in [-0.25, -0.2) is 4.79 Å². The Morgan fingerprint density at radius 1 is 1.42 bits per heavy atom. The van der Waals surface area contributed by atoms with Gasteiger partial charge in [0.25, 0.3) is 0 Å². The van der Waals surface area contributed by atoms with E-state index in [4.69, 9.17) is 4.42 Å². The number of benzene rings is 1. The number of hydrogen-bond acceptors (Lipinski definition) is 3. The molecule has 0 radical (unpaired) electrons. The average molecular weight is 370 g/mol. The fourth-order valence-electron chi connectivity index (χ4n) is 1.98. The van der Waals surface area contributed by atoms with Crippen molar-refractivity contribution in [1.29, 1.82) is 0 Å². The van der Waals surface area contributed by atoms with E-state index in [1.54, 1.807) is 6.92 Å². The Morgan fingerprint density at radius 3 is 2.63 bits per heavy atom. The fourth-order valence-corrected chi connectivity index (χ4v) is 3.26. The maximum absolute atomic E-state index is 11.6. The van der Waals surface area contributed by atoms with Crippen molar-refractivity contribution in [3.63, 3.8) is 0 Å². The zero-order chi connectivity index (χ0) is 14.4. The third-order valence-corrected chi connectivity index (χ3v) is 4.52. The van der Waals surface area contributed by atoms with Gasteiger partial charge in [-0.05, 0) is 35.1 Å². The minimum Gasteiger partial charge on any atom is -0.502 e. The highest BCUT2D eigenvalue weighted by atomic mass is 127. The van der Waals surface area contributed by atoms with Crippen LogP contribution in [-0.2, 0) is 5.41 Å². The third kappa shape index (κ3) is 2.18. The van der Waals surface area contributed by atoms with Crippen LogP contribution in [0.4, 0.5) is 0 Å². The van der Waals surface area contributed by atoms with Crippen LogP contribution in [-0.4, -0.2) is 5.11 Å². The summed E-state index contributed by atoms with van der Waals surface area (Å²) in [5, 5.41) is 10.4. The van der Waals surface area contributed by atoms with Gasteiger partial charge in [-0.15, -0.1) is 6.58 Å². The number of rotatable bonds is 2. The van der Waals surface area contributed by atoms with Crippen LogP contribution in [0, 0.1) is 10.5 Å². The first-order valence-electron chi connectivity index (χ1n) is 5.88. The van der Waals surface area contributed by atoms with Gasteiger partial charge in [0.05, 0.1) is 3.57 Å². The molecule has 0 fully saturated rings. The van der Waals surface area contributed by atoms with E-state index in [1.165, 1.54) is 0 Å². The number of aromatic hydroxyl groups is 1. The first-order valence-corrected chi connectivity index (χ1v) is 6.96. The zero-order valence-electron chi connectivity index (χ0n) is 11.1. The van der Waals surface area contributed by atoms with Gasteiger partial charge in [-0.3, -0.25) is 0 Å². The summed E-state index contributed by atoms with van der Waals surface area (Å²) >= 11 is 2.17. The lowest BCUT2D eigenvalue weighted by molar-refractivity contribution is 0.423. The Bertz CT molecular complexity index is 726. The summed E-state index contributed by atoms with van der Waals surface area (Å²) in [6.45, 7) is 9.66. The Morgan fingerprint density at radius 2 is 2.05 bits per heavy atom. The maximum Gasteiger partial charge on any atom is 0.379 e. The number of allylic oxidation sites excluding steroid dienone is 1. The van der Waals surface area contributed by atoms with Crippen LogP contribution in [0.3, 0.4) is 0 Å². The predicted molar refractivity (Wildman–Crippen MR) is 84.8 cm³/mol. The normalized spacial score (nSPS) is 11.8. The molecule has 100 valence electrons. The van der Waals surface area contributed by atoms with Crippen LogP contribution >= 0.6 is 22.6 Å². The van der Waals surface area contributed by atoms with Gasteiger partial charge >= 0.3 is 5.63 Å². The Kier molecular flexibility index (Phi) is 3.47. The van der Waals surface area contributed by atoms with Crippen molar-refractivity contribution in [2.75, 3.05) is 0 Å². The molecule has 0 aliphatic rings. The van der Waals surface area contributed by atoms with Crippen molar-refractivity contribution in [3.05, 3.63) is 49.9 Å². The molecule has 1 N–H and O–H groups in total. The first-order chi connectivity index (χ1) is 8.79. The molecule has 1 aromatic heterocycles. The molecule has 2 rings (SSSR count). The third-order valence-electron chi connectivity index (χ3n) is 3.45. The molecule has 1 heterocycles. The van der Waals surface area contributed by atoms with Gasteiger partial charge in [0.1, 0.15) is 0 Å². The van der Waals surface area contributed by atoms with Gasteiger partial charge in [0, 0.05) is 16.4 Å². The Balaban J connectivity index is 2.91. The molecule has 0 aliphatic carbocycles. The van der Waals surface area contributed by atoms with Gasteiger partial charge in [0.15, 0.2) is 5.58 Å². The van der Waals surface area contributed by atoms with Crippen molar-refractivity contribution in [1.82, 2.24) is 0 Å². The van der Waals surface area contributed by atoms with Crippen molar-refractivity contribution >= 4 is 33.6 Å². The lowest BCUT2D eigenvalue weighted by Gasteiger charge is -2.22. The fraction of sp³-hybridized carbons (Fsp3) is 0.267. The zero-order valence-corrected chi connectivity index (χ0v) is 13.2. The molecule has 0 aliphatic heterocycles. The largest absolute Gasteiger partial charge is 0.502 e. The number of fused-ring (bicyclic) bond motifs is 1. The van der Waals surface area contributed by atoms with Crippen LogP contribution in [0.2, 0.25) is 0 Å². The lowest BCUT2D eigenvalue weighted by atomic mass is 9.84. The molecule has 19 heavy (non-hydrogen) atoms.